The number of fused-ring (bicyclic) bond motifs is 10. The minimum atomic E-state index is -0.407. The van der Waals surface area contributed by atoms with Gasteiger partial charge in [-0.1, -0.05) is 70.9 Å². The van der Waals surface area contributed by atoms with Gasteiger partial charge < -0.3 is 9.47 Å². The van der Waals surface area contributed by atoms with Gasteiger partial charge >= 0.3 is 11.9 Å². The molecular formula is C44H62O5. The Hall–Kier alpha value is -2.17. The van der Waals surface area contributed by atoms with Crippen LogP contribution in [0.25, 0.3) is 0 Å². The van der Waals surface area contributed by atoms with E-state index in [9.17, 15) is 14.4 Å². The van der Waals surface area contributed by atoms with Gasteiger partial charge in [-0.3, -0.25) is 14.4 Å². The molecule has 0 saturated heterocycles. The minimum absolute atomic E-state index is 0.0355. The van der Waals surface area contributed by atoms with E-state index in [2.05, 4.69) is 54.2 Å². The molecule has 0 heterocycles. The Morgan fingerprint density at radius 3 is 1.65 bits per heavy atom. The van der Waals surface area contributed by atoms with Crippen LogP contribution in [0.1, 0.15) is 125 Å². The lowest BCUT2D eigenvalue weighted by Gasteiger charge is -2.58. The summed E-state index contributed by atoms with van der Waals surface area (Å²) in [5, 5.41) is 0. The zero-order valence-electron chi connectivity index (χ0n) is 31.2. The Kier molecular flexibility index (Phi) is 8.46. The summed E-state index contributed by atoms with van der Waals surface area (Å²) >= 11 is 0. The van der Waals surface area contributed by atoms with Crippen LogP contribution in [0.15, 0.2) is 35.5 Å². The molecule has 0 aromatic rings. The molecule has 0 amide bonds. The molecule has 0 aromatic heterocycles. The molecule has 6 fully saturated rings. The highest BCUT2D eigenvalue weighted by atomic mass is 16.6. The van der Waals surface area contributed by atoms with E-state index >= 15 is 0 Å². The Labute approximate surface area is 295 Å². The van der Waals surface area contributed by atoms with Crippen molar-refractivity contribution in [3.8, 4) is 0 Å². The van der Waals surface area contributed by atoms with Crippen LogP contribution in [0.4, 0.5) is 0 Å². The van der Waals surface area contributed by atoms with Crippen molar-refractivity contribution in [3.63, 3.8) is 0 Å². The maximum Gasteiger partial charge on any atom is 0.317 e. The average Bonchev–Trinajstić information content (AvgIpc) is 3.51. The van der Waals surface area contributed by atoms with Gasteiger partial charge in [-0.2, -0.15) is 0 Å². The van der Waals surface area contributed by atoms with E-state index in [4.69, 9.17) is 9.47 Å². The molecule has 0 radical (unpaired) electrons. The molecule has 0 bridgehead atoms. The molecule has 0 aliphatic heterocycles. The van der Waals surface area contributed by atoms with Gasteiger partial charge in [-0.25, -0.2) is 0 Å². The lowest BCUT2D eigenvalue weighted by Crippen LogP contribution is -2.54. The molecule has 0 aromatic carbocycles. The van der Waals surface area contributed by atoms with Crippen LogP contribution in [0.5, 0.6) is 0 Å². The van der Waals surface area contributed by atoms with Crippen molar-refractivity contribution in [1.82, 2.24) is 0 Å². The molecule has 16 atom stereocenters. The first kappa shape index (κ1) is 33.9. The van der Waals surface area contributed by atoms with Crippen LogP contribution < -0.4 is 0 Å². The van der Waals surface area contributed by atoms with Crippen molar-refractivity contribution in [2.75, 3.05) is 0 Å². The Balaban J connectivity index is 0.909. The van der Waals surface area contributed by atoms with Crippen LogP contribution >= 0.6 is 0 Å². The van der Waals surface area contributed by atoms with Crippen molar-refractivity contribution >= 4 is 17.7 Å². The van der Waals surface area contributed by atoms with Crippen molar-refractivity contribution in [2.45, 2.75) is 137 Å². The van der Waals surface area contributed by atoms with Crippen LogP contribution in [0.2, 0.25) is 0 Å². The molecular weight excluding hydrogens is 608 g/mol. The fourth-order valence-corrected chi connectivity index (χ4v) is 15.2. The van der Waals surface area contributed by atoms with Crippen LogP contribution in [-0.2, 0) is 23.9 Å². The molecule has 8 rings (SSSR count). The van der Waals surface area contributed by atoms with Crippen molar-refractivity contribution < 1.29 is 23.9 Å². The summed E-state index contributed by atoms with van der Waals surface area (Å²) in [7, 11) is 0. The van der Waals surface area contributed by atoms with Crippen LogP contribution in [0, 0.1) is 81.8 Å². The number of hydrogen-bond donors (Lipinski definition) is 0. The fraction of sp³-hybridized carbons (Fsp3) is 0.795. The molecule has 0 spiro atoms. The number of carbonyl (C=O) groups excluding carboxylic acids is 3. The summed E-state index contributed by atoms with van der Waals surface area (Å²) in [6.45, 7) is 18.8. The molecule has 268 valence electrons. The molecule has 5 nitrogen and oxygen atoms in total. The van der Waals surface area contributed by atoms with Crippen molar-refractivity contribution in [3.05, 3.63) is 35.5 Å². The second-order valence-electron chi connectivity index (χ2n) is 19.4. The lowest BCUT2D eigenvalue weighted by molar-refractivity contribution is -0.173. The molecule has 6 saturated carbocycles. The number of ether oxygens (including phenoxy) is 2. The number of allylic oxidation sites excluding steroid dienone is 4. The number of carbonyl (C=O) groups is 3. The third kappa shape index (κ3) is 5.39. The highest BCUT2D eigenvalue weighted by Crippen LogP contribution is 2.67. The van der Waals surface area contributed by atoms with E-state index in [1.165, 1.54) is 24.0 Å². The van der Waals surface area contributed by atoms with Crippen LogP contribution in [0.3, 0.4) is 0 Å². The average molecular weight is 671 g/mol. The predicted molar refractivity (Wildman–Crippen MR) is 191 cm³/mol. The quantitative estimate of drug-likeness (QED) is 0.220. The van der Waals surface area contributed by atoms with Gasteiger partial charge in [0.05, 0.1) is 0 Å². The topological polar surface area (TPSA) is 69.7 Å². The van der Waals surface area contributed by atoms with Gasteiger partial charge in [0.25, 0.3) is 0 Å². The number of ketones is 1. The monoisotopic (exact) mass is 670 g/mol. The predicted octanol–water partition coefficient (Wildman–Crippen LogP) is 9.45. The first-order chi connectivity index (χ1) is 23.3. The Bertz CT molecular complexity index is 1360. The second kappa shape index (κ2) is 12.2. The highest BCUT2D eigenvalue weighted by molar-refractivity contribution is 5.92. The summed E-state index contributed by atoms with van der Waals surface area (Å²) in [5.74, 6) is 6.64. The molecule has 5 heteroatoms. The molecule has 8 aliphatic carbocycles. The first-order valence-electron chi connectivity index (χ1n) is 20.3. The van der Waals surface area contributed by atoms with Gasteiger partial charge in [-0.05, 0) is 148 Å². The lowest BCUT2D eigenvalue weighted by atomic mass is 9.47. The van der Waals surface area contributed by atoms with Gasteiger partial charge in [0, 0.05) is 17.3 Å². The maximum atomic E-state index is 13.5. The number of esters is 2. The zero-order chi connectivity index (χ0) is 34.6. The van der Waals surface area contributed by atoms with E-state index in [1.807, 2.05) is 6.08 Å². The SMILES string of the molecule is C=C1C=C2CC(C)C3C(C(C)CC4(C)C(OC(=O)CC(=O)OC5CCC6C7C(C)CC8=CC(=O)CCC8C7C(C)CC56C)CCC34)C2CC1. The van der Waals surface area contributed by atoms with Gasteiger partial charge in [-0.15, -0.1) is 0 Å². The van der Waals surface area contributed by atoms with E-state index < -0.39 is 11.9 Å². The normalized spacial score (nSPS) is 50.0. The highest BCUT2D eigenvalue weighted by Gasteiger charge is 2.62. The number of rotatable bonds is 4. The summed E-state index contributed by atoms with van der Waals surface area (Å²) in [5.41, 5.74) is 4.24. The van der Waals surface area contributed by atoms with E-state index in [0.717, 1.165) is 57.8 Å². The zero-order valence-corrected chi connectivity index (χ0v) is 31.2. The molecule has 16 unspecified atom stereocenters. The summed E-state index contributed by atoms with van der Waals surface area (Å²) in [6, 6.07) is 0. The van der Waals surface area contributed by atoms with E-state index in [-0.39, 0.29) is 29.5 Å². The molecule has 0 N–H and O–H groups in total. The largest absolute Gasteiger partial charge is 0.461 e. The molecule has 49 heavy (non-hydrogen) atoms. The Morgan fingerprint density at radius 2 is 1.14 bits per heavy atom. The van der Waals surface area contributed by atoms with E-state index in [0.29, 0.717) is 83.2 Å². The maximum absolute atomic E-state index is 13.5. The number of hydrogen-bond acceptors (Lipinski definition) is 5. The minimum Gasteiger partial charge on any atom is -0.461 e. The van der Waals surface area contributed by atoms with Crippen molar-refractivity contribution in [2.24, 2.45) is 81.8 Å². The summed E-state index contributed by atoms with van der Waals surface area (Å²) < 4.78 is 12.6. The van der Waals surface area contributed by atoms with E-state index in [1.54, 1.807) is 5.57 Å². The standard InChI is InChI=1S/C44H62O5/c1-23-8-10-31-28(16-23)17-24(2)41-33-12-14-35(43(33,6)21-26(4)39(31)41)48-37(46)20-38(47)49-36-15-13-34-42-25(3)18-29-19-30(45)9-11-32(29)40(42)27(5)22-44(34,36)7/h16,19,24-27,31-36,39-42H,1,8-15,17-18,20-22H2,2-7H3. The molecule has 8 aliphatic rings. The van der Waals surface area contributed by atoms with Gasteiger partial charge in [0.15, 0.2) is 5.78 Å². The second-order valence-corrected chi connectivity index (χ2v) is 19.4. The summed E-state index contributed by atoms with van der Waals surface area (Å²) in [4.78, 5) is 39.2. The summed E-state index contributed by atoms with van der Waals surface area (Å²) in [6.07, 6.45) is 16.2. The fourth-order valence-electron chi connectivity index (χ4n) is 15.2. The van der Waals surface area contributed by atoms with Crippen molar-refractivity contribution in [1.29, 1.82) is 0 Å². The smallest absolute Gasteiger partial charge is 0.317 e. The first-order valence-corrected chi connectivity index (χ1v) is 20.3. The third-order valence-corrected chi connectivity index (χ3v) is 16.7. The third-order valence-electron chi connectivity index (χ3n) is 16.7. The van der Waals surface area contributed by atoms with Gasteiger partial charge in [0.2, 0.25) is 0 Å². The Morgan fingerprint density at radius 1 is 0.673 bits per heavy atom. The van der Waals surface area contributed by atoms with Gasteiger partial charge in [0.1, 0.15) is 18.6 Å². The van der Waals surface area contributed by atoms with Crippen LogP contribution in [-0.4, -0.2) is 29.9 Å².